The van der Waals surface area contributed by atoms with Crippen LogP contribution in [0.5, 0.6) is 5.75 Å². The molecule has 94 valence electrons. The van der Waals surface area contributed by atoms with Crippen LogP contribution in [0.3, 0.4) is 0 Å². The summed E-state index contributed by atoms with van der Waals surface area (Å²) < 4.78 is 5.59. The zero-order valence-corrected chi connectivity index (χ0v) is 11.0. The van der Waals surface area contributed by atoms with E-state index < -0.39 is 0 Å². The highest BCUT2D eigenvalue weighted by atomic mass is 32.2. The number of rotatable bonds is 5. The first-order chi connectivity index (χ1) is 8.79. The van der Waals surface area contributed by atoms with Crippen LogP contribution in [0.25, 0.3) is 0 Å². The van der Waals surface area contributed by atoms with E-state index in [2.05, 4.69) is 16.9 Å². The van der Waals surface area contributed by atoms with Crippen molar-refractivity contribution in [1.29, 1.82) is 0 Å². The Kier molecular flexibility index (Phi) is 4.41. The van der Waals surface area contributed by atoms with Crippen LogP contribution in [0, 0.1) is 0 Å². The van der Waals surface area contributed by atoms with Crippen molar-refractivity contribution < 1.29 is 4.74 Å². The highest BCUT2D eigenvalue weighted by Crippen LogP contribution is 2.31. The van der Waals surface area contributed by atoms with Crippen LogP contribution in [0.1, 0.15) is 13.3 Å². The molecule has 0 aliphatic heterocycles. The van der Waals surface area contributed by atoms with Gasteiger partial charge >= 0.3 is 0 Å². The maximum absolute atomic E-state index is 5.86. The Hall–Kier alpha value is -1.75. The average Bonchev–Trinajstić information content (AvgIpc) is 2.40. The van der Waals surface area contributed by atoms with E-state index in [-0.39, 0.29) is 0 Å². The number of hydrogen-bond donors (Lipinski definition) is 1. The summed E-state index contributed by atoms with van der Waals surface area (Å²) in [4.78, 5) is 9.29. The molecule has 1 aromatic carbocycles. The van der Waals surface area contributed by atoms with Gasteiger partial charge in [-0.2, -0.15) is 0 Å². The monoisotopic (exact) mass is 261 g/mol. The lowest BCUT2D eigenvalue weighted by Gasteiger charge is -2.09. The maximum atomic E-state index is 5.86. The van der Waals surface area contributed by atoms with Crippen LogP contribution in [0.15, 0.2) is 46.7 Å². The largest absolute Gasteiger partial charge is 0.491 e. The fraction of sp³-hybridized carbons (Fsp3) is 0.231. The quantitative estimate of drug-likeness (QED) is 0.838. The first-order valence-corrected chi connectivity index (χ1v) is 6.57. The average molecular weight is 261 g/mol. The van der Waals surface area contributed by atoms with Gasteiger partial charge in [0.15, 0.2) is 0 Å². The van der Waals surface area contributed by atoms with E-state index in [1.807, 2.05) is 18.2 Å². The molecule has 0 saturated heterocycles. The predicted molar refractivity (Wildman–Crippen MR) is 72.8 cm³/mol. The van der Waals surface area contributed by atoms with Gasteiger partial charge in [-0.1, -0.05) is 18.7 Å². The number of benzene rings is 1. The molecule has 1 heterocycles. The molecule has 5 heteroatoms. The van der Waals surface area contributed by atoms with Crippen molar-refractivity contribution in [3.8, 4) is 5.75 Å². The second-order valence-corrected chi connectivity index (χ2v) is 4.79. The predicted octanol–water partition coefficient (Wildman–Crippen LogP) is 3.00. The maximum Gasteiger partial charge on any atom is 0.143 e. The summed E-state index contributed by atoms with van der Waals surface area (Å²) in [5.41, 5.74) is 6.52. The van der Waals surface area contributed by atoms with Crippen molar-refractivity contribution in [2.24, 2.45) is 0 Å². The fourth-order valence-electron chi connectivity index (χ4n) is 1.37. The Labute approximate surface area is 111 Å². The molecule has 0 amide bonds. The molecule has 18 heavy (non-hydrogen) atoms. The summed E-state index contributed by atoms with van der Waals surface area (Å²) in [6, 6.07) is 5.74. The summed E-state index contributed by atoms with van der Waals surface area (Å²) in [5, 5.41) is 0.851. The molecule has 2 rings (SSSR count). The number of nitrogens with two attached hydrogens (primary N) is 1. The molecule has 0 aliphatic carbocycles. The van der Waals surface area contributed by atoms with Crippen molar-refractivity contribution >= 4 is 17.4 Å². The van der Waals surface area contributed by atoms with Gasteiger partial charge in [0.2, 0.25) is 0 Å². The molecule has 0 spiro atoms. The third-order valence-electron chi connectivity index (χ3n) is 2.21. The summed E-state index contributed by atoms with van der Waals surface area (Å²) >= 11 is 1.53. The molecule has 0 bridgehead atoms. The van der Waals surface area contributed by atoms with Gasteiger partial charge in [-0.05, 0) is 24.6 Å². The minimum atomic E-state index is 0.659. The lowest BCUT2D eigenvalue weighted by molar-refractivity contribution is 0.318. The summed E-state index contributed by atoms with van der Waals surface area (Å²) in [7, 11) is 0. The Bertz CT molecular complexity index is 505. The van der Waals surface area contributed by atoms with Crippen molar-refractivity contribution in [3.63, 3.8) is 0 Å². The van der Waals surface area contributed by atoms with Gasteiger partial charge < -0.3 is 10.5 Å². The number of ether oxygens (including phenoxy) is 1. The number of nitrogens with zero attached hydrogens (tertiary/aromatic N) is 2. The highest BCUT2D eigenvalue weighted by molar-refractivity contribution is 7.99. The van der Waals surface area contributed by atoms with Crippen LogP contribution < -0.4 is 10.5 Å². The minimum Gasteiger partial charge on any atom is -0.491 e. The van der Waals surface area contributed by atoms with Gasteiger partial charge in [0, 0.05) is 17.3 Å². The Morgan fingerprint density at radius 1 is 1.33 bits per heavy atom. The molecule has 1 aromatic heterocycles. The number of aromatic nitrogens is 2. The third kappa shape index (κ3) is 3.37. The zero-order valence-electron chi connectivity index (χ0n) is 10.2. The van der Waals surface area contributed by atoms with Crippen molar-refractivity contribution in [2.75, 3.05) is 12.3 Å². The van der Waals surface area contributed by atoms with Crippen molar-refractivity contribution in [1.82, 2.24) is 9.97 Å². The molecule has 0 aliphatic rings. The molecular formula is C13H15N3OS. The Morgan fingerprint density at radius 2 is 2.22 bits per heavy atom. The smallest absolute Gasteiger partial charge is 0.143 e. The third-order valence-corrected chi connectivity index (χ3v) is 3.12. The van der Waals surface area contributed by atoms with Crippen LogP contribution >= 0.6 is 11.8 Å². The zero-order chi connectivity index (χ0) is 12.8. The van der Waals surface area contributed by atoms with E-state index in [1.165, 1.54) is 11.8 Å². The second kappa shape index (κ2) is 6.26. The van der Waals surface area contributed by atoms with E-state index in [1.54, 1.807) is 18.6 Å². The molecule has 0 saturated carbocycles. The highest BCUT2D eigenvalue weighted by Gasteiger charge is 2.04. The van der Waals surface area contributed by atoms with Crippen LogP contribution in [-0.4, -0.2) is 16.6 Å². The van der Waals surface area contributed by atoms with Gasteiger partial charge in [0.25, 0.3) is 0 Å². The number of hydrogen-bond acceptors (Lipinski definition) is 5. The Balaban J connectivity index is 2.14. The normalized spacial score (nSPS) is 10.3. The van der Waals surface area contributed by atoms with E-state index in [9.17, 15) is 0 Å². The number of nitrogen functional groups attached to an aromatic ring is 1. The molecule has 0 radical (unpaired) electrons. The molecular weight excluding hydrogens is 246 g/mol. The van der Waals surface area contributed by atoms with Crippen molar-refractivity contribution in [3.05, 3.63) is 36.8 Å². The van der Waals surface area contributed by atoms with E-state index >= 15 is 0 Å². The molecule has 0 unspecified atom stereocenters. The van der Waals surface area contributed by atoms with Crippen LogP contribution in [0.2, 0.25) is 0 Å². The number of anilines is 1. The summed E-state index contributed by atoms with van der Waals surface area (Å²) in [6.45, 7) is 2.73. The molecule has 0 fully saturated rings. The van der Waals surface area contributed by atoms with E-state index in [4.69, 9.17) is 10.5 Å². The van der Waals surface area contributed by atoms with Gasteiger partial charge in [0.1, 0.15) is 10.8 Å². The molecule has 4 nitrogen and oxygen atoms in total. The van der Waals surface area contributed by atoms with Gasteiger partial charge in [-0.15, -0.1) is 0 Å². The second-order valence-electron chi connectivity index (χ2n) is 3.69. The summed E-state index contributed by atoms with van der Waals surface area (Å²) in [5.74, 6) is 0.728. The van der Waals surface area contributed by atoms with Crippen LogP contribution in [0.4, 0.5) is 5.69 Å². The lowest BCUT2D eigenvalue weighted by Crippen LogP contribution is -1.99. The molecule has 2 aromatic rings. The minimum absolute atomic E-state index is 0.659. The lowest BCUT2D eigenvalue weighted by atomic mass is 10.3. The first kappa shape index (κ1) is 12.7. The standard InChI is InChI=1S/C13H15N3OS/c1-2-7-17-12-8-10(3-4-11(12)14)18-13-9-15-5-6-16-13/h3-6,8-9H,2,7,14H2,1H3. The SMILES string of the molecule is CCCOc1cc(Sc2cnccn2)ccc1N. The van der Waals surface area contributed by atoms with E-state index in [0.29, 0.717) is 12.3 Å². The van der Waals surface area contributed by atoms with Gasteiger partial charge in [-0.25, -0.2) is 4.98 Å². The molecule has 2 N–H and O–H groups in total. The van der Waals surface area contributed by atoms with Crippen molar-refractivity contribution in [2.45, 2.75) is 23.3 Å². The van der Waals surface area contributed by atoms with Gasteiger partial charge in [0.05, 0.1) is 18.5 Å². The fourth-order valence-corrected chi connectivity index (χ4v) is 2.14. The van der Waals surface area contributed by atoms with Gasteiger partial charge in [-0.3, -0.25) is 4.98 Å². The summed E-state index contributed by atoms with van der Waals surface area (Å²) in [6.07, 6.45) is 6.02. The first-order valence-electron chi connectivity index (χ1n) is 5.76. The topological polar surface area (TPSA) is 61.0 Å². The van der Waals surface area contributed by atoms with Crippen LogP contribution in [-0.2, 0) is 0 Å². The van der Waals surface area contributed by atoms with E-state index in [0.717, 1.165) is 22.1 Å². The Morgan fingerprint density at radius 3 is 2.94 bits per heavy atom. The molecule has 0 atom stereocenters.